The average Bonchev–Trinajstić information content (AvgIpc) is 2.41. The van der Waals surface area contributed by atoms with E-state index in [4.69, 9.17) is 29.6 Å². The lowest BCUT2D eigenvalue weighted by molar-refractivity contribution is 1.44. The molecule has 0 amide bonds. The molecular weight excluding hydrogens is 296 g/mol. The predicted octanol–water partition coefficient (Wildman–Crippen LogP) is 4.44. The quantitative estimate of drug-likeness (QED) is 0.647. The summed E-state index contributed by atoms with van der Waals surface area (Å²) < 4.78 is 0. The van der Waals surface area contributed by atoms with Crippen molar-refractivity contribution < 1.29 is 0 Å². The van der Waals surface area contributed by atoms with E-state index < -0.39 is 0 Å². The minimum atomic E-state index is 0.325. The maximum Gasteiger partial charge on any atom is 0.106 e. The molecule has 2 rings (SSSR count). The molecule has 5 heteroatoms. The number of rotatable bonds is 4. The summed E-state index contributed by atoms with van der Waals surface area (Å²) >= 11 is 12.7. The monoisotopic (exact) mass is 308 g/mol. The van der Waals surface area contributed by atoms with Crippen molar-refractivity contribution in [3.05, 3.63) is 53.1 Å². The van der Waals surface area contributed by atoms with Gasteiger partial charge in [0.15, 0.2) is 0 Å². The van der Waals surface area contributed by atoms with Gasteiger partial charge in [-0.15, -0.1) is 11.8 Å². The van der Waals surface area contributed by atoms with Crippen LogP contribution in [0.2, 0.25) is 5.02 Å². The van der Waals surface area contributed by atoms with Crippen LogP contribution in [0.15, 0.2) is 47.4 Å². The van der Waals surface area contributed by atoms with Crippen molar-refractivity contribution in [2.24, 2.45) is 5.73 Å². The third-order valence-electron chi connectivity index (χ3n) is 2.62. The van der Waals surface area contributed by atoms with Gasteiger partial charge in [0.2, 0.25) is 0 Å². The smallest absolute Gasteiger partial charge is 0.106 e. The molecule has 2 aromatic rings. The highest BCUT2D eigenvalue weighted by Gasteiger charge is 2.06. The van der Waals surface area contributed by atoms with Gasteiger partial charge in [0.25, 0.3) is 0 Å². The Kier molecular flexibility index (Phi) is 4.69. The third-order valence-corrected chi connectivity index (χ3v) is 3.81. The first-order valence-electron chi connectivity index (χ1n) is 5.60. The molecular formula is C14H13ClN2S2. The first-order chi connectivity index (χ1) is 9.10. The summed E-state index contributed by atoms with van der Waals surface area (Å²) in [5.74, 6) is 0. The van der Waals surface area contributed by atoms with Crippen LogP contribution in [0.4, 0.5) is 11.4 Å². The molecule has 0 bridgehead atoms. The zero-order chi connectivity index (χ0) is 13.8. The maximum absolute atomic E-state index is 5.96. The van der Waals surface area contributed by atoms with Gasteiger partial charge in [-0.2, -0.15) is 0 Å². The van der Waals surface area contributed by atoms with E-state index in [9.17, 15) is 0 Å². The van der Waals surface area contributed by atoms with Gasteiger partial charge >= 0.3 is 0 Å². The lowest BCUT2D eigenvalue weighted by Crippen LogP contribution is -2.11. The van der Waals surface area contributed by atoms with Crippen LogP contribution in [0.5, 0.6) is 0 Å². The Bertz CT molecular complexity index is 597. The van der Waals surface area contributed by atoms with E-state index in [0.717, 1.165) is 16.9 Å². The fraction of sp³-hybridized carbons (Fsp3) is 0.0714. The fourth-order valence-corrected chi connectivity index (χ4v) is 2.41. The highest BCUT2D eigenvalue weighted by Crippen LogP contribution is 2.25. The van der Waals surface area contributed by atoms with E-state index >= 15 is 0 Å². The van der Waals surface area contributed by atoms with Crippen molar-refractivity contribution in [2.75, 3.05) is 11.6 Å². The predicted molar refractivity (Wildman–Crippen MR) is 88.8 cm³/mol. The first kappa shape index (κ1) is 14.2. The number of nitrogens with one attached hydrogen (secondary N) is 1. The molecule has 0 aromatic heterocycles. The van der Waals surface area contributed by atoms with Gasteiger partial charge in [-0.1, -0.05) is 23.8 Å². The molecule has 0 unspecified atom stereocenters. The summed E-state index contributed by atoms with van der Waals surface area (Å²) in [6.45, 7) is 0. The highest BCUT2D eigenvalue weighted by atomic mass is 35.5. The summed E-state index contributed by atoms with van der Waals surface area (Å²) in [6.07, 6.45) is 2.05. The topological polar surface area (TPSA) is 38.0 Å². The van der Waals surface area contributed by atoms with Crippen LogP contribution in [-0.2, 0) is 0 Å². The second-order valence-electron chi connectivity index (χ2n) is 3.91. The Labute approximate surface area is 127 Å². The van der Waals surface area contributed by atoms with Crippen LogP contribution in [-0.4, -0.2) is 11.2 Å². The minimum Gasteiger partial charge on any atom is -0.389 e. The number of hydrogen-bond donors (Lipinski definition) is 2. The van der Waals surface area contributed by atoms with Gasteiger partial charge in [-0.25, -0.2) is 0 Å². The normalized spacial score (nSPS) is 10.2. The van der Waals surface area contributed by atoms with Gasteiger partial charge in [-0.05, 0) is 48.7 Å². The van der Waals surface area contributed by atoms with Crippen molar-refractivity contribution in [1.82, 2.24) is 0 Å². The lowest BCUT2D eigenvalue weighted by atomic mass is 10.1. The molecule has 0 spiro atoms. The standard InChI is InChI=1S/C14H13ClN2S2/c1-19-11-5-3-10(4-6-11)17-13-7-2-9(15)8-12(13)14(16)18/h2-8,17H,1H3,(H2,16,18). The number of nitrogens with two attached hydrogens (primary N) is 1. The van der Waals surface area contributed by atoms with Gasteiger partial charge in [0.1, 0.15) is 4.99 Å². The van der Waals surface area contributed by atoms with Gasteiger partial charge in [0, 0.05) is 26.9 Å². The van der Waals surface area contributed by atoms with Crippen molar-refractivity contribution in [2.45, 2.75) is 4.90 Å². The molecule has 0 atom stereocenters. The van der Waals surface area contributed by atoms with E-state index in [1.54, 1.807) is 17.8 Å². The molecule has 3 N–H and O–H groups in total. The Hall–Kier alpha value is -1.23. The van der Waals surface area contributed by atoms with E-state index in [-0.39, 0.29) is 0 Å². The Morgan fingerprint density at radius 1 is 1.21 bits per heavy atom. The van der Waals surface area contributed by atoms with Gasteiger partial charge in [0.05, 0.1) is 0 Å². The molecule has 2 nitrogen and oxygen atoms in total. The molecule has 0 fully saturated rings. The van der Waals surface area contributed by atoms with Crippen LogP contribution in [0, 0.1) is 0 Å². The highest BCUT2D eigenvalue weighted by molar-refractivity contribution is 7.98. The summed E-state index contributed by atoms with van der Waals surface area (Å²) in [4.78, 5) is 1.54. The van der Waals surface area contributed by atoms with Crippen LogP contribution >= 0.6 is 35.6 Å². The number of thiocarbonyl (C=S) groups is 1. The zero-order valence-corrected chi connectivity index (χ0v) is 12.7. The maximum atomic E-state index is 5.96. The average molecular weight is 309 g/mol. The van der Waals surface area contributed by atoms with Crippen LogP contribution in [0.3, 0.4) is 0 Å². The molecule has 98 valence electrons. The second-order valence-corrected chi connectivity index (χ2v) is 5.66. The van der Waals surface area contributed by atoms with Crippen LogP contribution in [0.25, 0.3) is 0 Å². The molecule has 19 heavy (non-hydrogen) atoms. The number of anilines is 2. The largest absolute Gasteiger partial charge is 0.389 e. The number of thioether (sulfide) groups is 1. The Morgan fingerprint density at radius 2 is 1.89 bits per heavy atom. The van der Waals surface area contributed by atoms with Gasteiger partial charge in [-0.3, -0.25) is 0 Å². The molecule has 2 aromatic carbocycles. The van der Waals surface area contributed by atoms with Crippen molar-refractivity contribution in [3.63, 3.8) is 0 Å². The lowest BCUT2D eigenvalue weighted by Gasteiger charge is -2.12. The first-order valence-corrected chi connectivity index (χ1v) is 7.61. The number of hydrogen-bond acceptors (Lipinski definition) is 3. The molecule has 0 heterocycles. The number of benzene rings is 2. The minimum absolute atomic E-state index is 0.325. The molecule has 0 aliphatic heterocycles. The molecule has 0 radical (unpaired) electrons. The summed E-state index contributed by atoms with van der Waals surface area (Å²) in [5, 5.41) is 3.91. The van der Waals surface area contributed by atoms with Gasteiger partial charge < -0.3 is 11.1 Å². The van der Waals surface area contributed by atoms with E-state index in [2.05, 4.69) is 17.4 Å². The van der Waals surface area contributed by atoms with Crippen LogP contribution < -0.4 is 11.1 Å². The van der Waals surface area contributed by atoms with Crippen LogP contribution in [0.1, 0.15) is 5.56 Å². The summed E-state index contributed by atoms with van der Waals surface area (Å²) in [5.41, 5.74) is 8.30. The second kappa shape index (κ2) is 6.28. The number of halogens is 1. The molecule has 0 aliphatic carbocycles. The Morgan fingerprint density at radius 3 is 2.47 bits per heavy atom. The SMILES string of the molecule is CSc1ccc(Nc2ccc(Cl)cc2C(N)=S)cc1. The summed E-state index contributed by atoms with van der Waals surface area (Å²) in [6, 6.07) is 13.6. The summed E-state index contributed by atoms with van der Waals surface area (Å²) in [7, 11) is 0. The van der Waals surface area contributed by atoms with E-state index in [1.807, 2.05) is 30.5 Å². The molecule has 0 saturated carbocycles. The fourth-order valence-electron chi connectivity index (χ4n) is 1.66. The third kappa shape index (κ3) is 3.62. The van der Waals surface area contributed by atoms with Crippen molar-refractivity contribution >= 4 is 51.9 Å². The van der Waals surface area contributed by atoms with E-state index in [0.29, 0.717) is 10.0 Å². The Balaban J connectivity index is 2.29. The molecule has 0 saturated heterocycles. The zero-order valence-electron chi connectivity index (χ0n) is 10.3. The molecule has 0 aliphatic rings. The van der Waals surface area contributed by atoms with Crippen molar-refractivity contribution in [3.8, 4) is 0 Å². The van der Waals surface area contributed by atoms with Crippen molar-refractivity contribution in [1.29, 1.82) is 0 Å². The van der Waals surface area contributed by atoms with E-state index in [1.165, 1.54) is 4.90 Å².